The van der Waals surface area contributed by atoms with Crippen LogP contribution in [0.2, 0.25) is 5.02 Å². The molecule has 0 aliphatic carbocycles. The minimum atomic E-state index is -1.75. The fourth-order valence-corrected chi connectivity index (χ4v) is 3.28. The Morgan fingerprint density at radius 2 is 1.80 bits per heavy atom. The SMILES string of the molecule is CNc1c(F)cc2c(=O)c(C(=O)NC(=O)O)cn(-c3cc(N)c(F)cc3F)c2c1Cl. The molecular weight excluding hydrogens is 429 g/mol. The molecule has 1 heterocycles. The fourth-order valence-electron chi connectivity index (χ4n) is 2.90. The minimum Gasteiger partial charge on any atom is -0.465 e. The van der Waals surface area contributed by atoms with Crippen LogP contribution in [0.15, 0.2) is 29.2 Å². The molecule has 30 heavy (non-hydrogen) atoms. The van der Waals surface area contributed by atoms with Crippen LogP contribution >= 0.6 is 11.6 Å². The monoisotopic (exact) mass is 440 g/mol. The number of imide groups is 1. The second-order valence-corrected chi connectivity index (χ2v) is 6.40. The number of benzene rings is 2. The Balaban J connectivity index is 2.52. The summed E-state index contributed by atoms with van der Waals surface area (Å²) in [5, 5.41) is 11.9. The maximum Gasteiger partial charge on any atom is 0.411 e. The van der Waals surface area contributed by atoms with E-state index in [-0.39, 0.29) is 16.2 Å². The largest absolute Gasteiger partial charge is 0.465 e. The van der Waals surface area contributed by atoms with Crippen molar-refractivity contribution in [1.82, 2.24) is 9.88 Å². The molecule has 0 bridgehead atoms. The summed E-state index contributed by atoms with van der Waals surface area (Å²) in [5.74, 6) is -4.48. The number of carbonyl (C=O) groups is 2. The first-order valence-electron chi connectivity index (χ1n) is 8.11. The number of hydrogen-bond acceptors (Lipinski definition) is 5. The highest BCUT2D eigenvalue weighted by Crippen LogP contribution is 2.35. The Bertz CT molecular complexity index is 1290. The van der Waals surface area contributed by atoms with Crippen LogP contribution in [0.5, 0.6) is 0 Å². The van der Waals surface area contributed by atoms with Crippen LogP contribution < -0.4 is 21.8 Å². The van der Waals surface area contributed by atoms with Crippen LogP contribution in [-0.2, 0) is 0 Å². The molecule has 2 aromatic carbocycles. The summed E-state index contributed by atoms with van der Waals surface area (Å²) in [6, 6.07) is 2.11. The van der Waals surface area contributed by atoms with Gasteiger partial charge in [-0.25, -0.2) is 18.0 Å². The van der Waals surface area contributed by atoms with Crippen molar-refractivity contribution in [1.29, 1.82) is 0 Å². The van der Waals surface area contributed by atoms with Gasteiger partial charge >= 0.3 is 6.09 Å². The predicted molar refractivity (Wildman–Crippen MR) is 104 cm³/mol. The normalized spacial score (nSPS) is 10.8. The molecule has 0 aliphatic rings. The standard InChI is InChI=1S/C18H12ClF3N4O4/c1-24-14-10(22)2-6-15(13(14)19)26(12-4-11(23)8(20)3-9(12)21)5-7(16(6)27)17(28)25-18(29)30/h2-5,24H,23H2,1H3,(H,25,28)(H,29,30). The Labute approximate surface area is 170 Å². The molecular formula is C18H12ClF3N4O4. The van der Waals surface area contributed by atoms with Gasteiger partial charge in [0.2, 0.25) is 5.43 Å². The summed E-state index contributed by atoms with van der Waals surface area (Å²) in [6.07, 6.45) is -0.944. The first kappa shape index (κ1) is 21.0. The quantitative estimate of drug-likeness (QED) is 0.464. The number of anilines is 2. The van der Waals surface area contributed by atoms with Crippen molar-refractivity contribution in [3.8, 4) is 5.69 Å². The molecule has 0 aliphatic heterocycles. The van der Waals surface area contributed by atoms with E-state index in [4.69, 9.17) is 22.4 Å². The van der Waals surface area contributed by atoms with Crippen LogP contribution in [0.3, 0.4) is 0 Å². The van der Waals surface area contributed by atoms with E-state index in [0.717, 1.165) is 22.9 Å². The zero-order chi connectivity index (χ0) is 22.3. The number of halogens is 4. The average molecular weight is 441 g/mol. The fraction of sp³-hybridized carbons (Fsp3) is 0.0556. The predicted octanol–water partition coefficient (Wildman–Crippen LogP) is 3.09. The van der Waals surface area contributed by atoms with Gasteiger partial charge in [0.15, 0.2) is 0 Å². The number of carbonyl (C=O) groups excluding carboxylic acids is 1. The van der Waals surface area contributed by atoms with Gasteiger partial charge in [-0.3, -0.25) is 14.9 Å². The molecule has 0 atom stereocenters. The van der Waals surface area contributed by atoms with Crippen LogP contribution in [0, 0.1) is 17.5 Å². The Hall–Kier alpha value is -3.73. The third-order valence-electron chi connectivity index (χ3n) is 4.22. The van der Waals surface area contributed by atoms with Gasteiger partial charge in [-0.1, -0.05) is 11.6 Å². The number of nitrogens with one attached hydrogen (secondary N) is 2. The van der Waals surface area contributed by atoms with Crippen molar-refractivity contribution in [2.45, 2.75) is 0 Å². The number of aromatic nitrogens is 1. The number of amides is 2. The van der Waals surface area contributed by atoms with E-state index in [1.807, 2.05) is 0 Å². The van der Waals surface area contributed by atoms with Crippen molar-refractivity contribution in [3.05, 3.63) is 62.7 Å². The number of fused-ring (bicyclic) bond motifs is 1. The lowest BCUT2D eigenvalue weighted by atomic mass is 10.1. The topological polar surface area (TPSA) is 126 Å². The average Bonchev–Trinajstić information content (AvgIpc) is 2.65. The van der Waals surface area contributed by atoms with Gasteiger partial charge in [0.25, 0.3) is 5.91 Å². The Morgan fingerprint density at radius 3 is 2.40 bits per heavy atom. The summed E-state index contributed by atoms with van der Waals surface area (Å²) in [4.78, 5) is 35.7. The molecule has 0 saturated carbocycles. The number of hydrogen-bond donors (Lipinski definition) is 4. The van der Waals surface area contributed by atoms with Crippen LogP contribution in [0.1, 0.15) is 10.4 Å². The molecule has 5 N–H and O–H groups in total. The number of pyridine rings is 1. The Morgan fingerprint density at radius 1 is 1.13 bits per heavy atom. The second kappa shape index (κ2) is 7.59. The van der Waals surface area contributed by atoms with Gasteiger partial charge in [-0.15, -0.1) is 0 Å². The molecule has 0 spiro atoms. The van der Waals surface area contributed by atoms with Crippen LogP contribution in [0.4, 0.5) is 29.3 Å². The highest BCUT2D eigenvalue weighted by Gasteiger charge is 2.24. The second-order valence-electron chi connectivity index (χ2n) is 6.02. The number of nitrogens with zero attached hydrogens (tertiary/aromatic N) is 1. The van der Waals surface area contributed by atoms with Crippen molar-refractivity contribution in [3.63, 3.8) is 0 Å². The molecule has 3 aromatic rings. The van der Waals surface area contributed by atoms with E-state index in [1.54, 1.807) is 0 Å². The van der Waals surface area contributed by atoms with E-state index in [1.165, 1.54) is 12.4 Å². The molecule has 1 aromatic heterocycles. The van der Waals surface area contributed by atoms with E-state index >= 15 is 0 Å². The summed E-state index contributed by atoms with van der Waals surface area (Å²) in [5.41, 5.74) is 2.38. The molecule has 12 heteroatoms. The van der Waals surface area contributed by atoms with E-state index in [2.05, 4.69) is 5.32 Å². The lowest BCUT2D eigenvalue weighted by Gasteiger charge is -2.18. The highest BCUT2D eigenvalue weighted by molar-refractivity contribution is 6.38. The van der Waals surface area contributed by atoms with Crippen molar-refractivity contribution in [2.75, 3.05) is 18.1 Å². The van der Waals surface area contributed by atoms with Crippen molar-refractivity contribution >= 4 is 45.9 Å². The smallest absolute Gasteiger partial charge is 0.411 e. The summed E-state index contributed by atoms with van der Waals surface area (Å²) >= 11 is 6.23. The van der Waals surface area contributed by atoms with E-state index in [0.29, 0.717) is 6.07 Å². The maximum atomic E-state index is 14.6. The number of nitrogen functional groups attached to an aromatic ring is 1. The number of nitrogens with two attached hydrogens (primary N) is 1. The van der Waals surface area contributed by atoms with E-state index in [9.17, 15) is 27.6 Å². The minimum absolute atomic E-state index is 0.218. The maximum absolute atomic E-state index is 14.6. The number of rotatable bonds is 3. The lowest BCUT2D eigenvalue weighted by Crippen LogP contribution is -2.33. The molecule has 2 amide bonds. The molecule has 3 rings (SSSR count). The van der Waals surface area contributed by atoms with Crippen LogP contribution in [-0.4, -0.2) is 28.7 Å². The van der Waals surface area contributed by atoms with Crippen molar-refractivity contribution in [2.24, 2.45) is 0 Å². The molecule has 8 nitrogen and oxygen atoms in total. The third-order valence-corrected chi connectivity index (χ3v) is 4.59. The highest BCUT2D eigenvalue weighted by atomic mass is 35.5. The van der Waals surface area contributed by atoms with E-state index < -0.39 is 57.2 Å². The lowest BCUT2D eigenvalue weighted by molar-refractivity contribution is 0.0946. The molecule has 0 unspecified atom stereocenters. The zero-order valence-corrected chi connectivity index (χ0v) is 15.8. The molecule has 0 radical (unpaired) electrons. The summed E-state index contributed by atoms with van der Waals surface area (Å²) in [6.45, 7) is 0. The van der Waals surface area contributed by atoms with Gasteiger partial charge in [0.1, 0.15) is 23.0 Å². The molecule has 156 valence electrons. The Kier molecular flexibility index (Phi) is 5.31. The van der Waals surface area contributed by atoms with Gasteiger partial charge in [0.05, 0.1) is 33.0 Å². The summed E-state index contributed by atoms with van der Waals surface area (Å²) in [7, 11) is 1.35. The van der Waals surface area contributed by atoms with Gasteiger partial charge in [-0.05, 0) is 12.1 Å². The first-order chi connectivity index (χ1) is 14.1. The van der Waals surface area contributed by atoms with Crippen LogP contribution in [0.25, 0.3) is 16.6 Å². The first-order valence-corrected chi connectivity index (χ1v) is 8.48. The van der Waals surface area contributed by atoms with Gasteiger partial charge in [0, 0.05) is 19.3 Å². The summed E-state index contributed by atoms with van der Waals surface area (Å²) < 4.78 is 43.5. The van der Waals surface area contributed by atoms with Gasteiger partial charge < -0.3 is 20.7 Å². The molecule has 0 fully saturated rings. The number of carboxylic acid groups (broad SMARTS) is 1. The van der Waals surface area contributed by atoms with Gasteiger partial charge in [-0.2, -0.15) is 0 Å². The third kappa shape index (κ3) is 3.39. The zero-order valence-electron chi connectivity index (χ0n) is 15.0. The van der Waals surface area contributed by atoms with Crippen molar-refractivity contribution < 1.29 is 27.9 Å². The molecule has 0 saturated heterocycles.